The first kappa shape index (κ1) is 19.2. The number of piperazine rings is 1. The van der Waals surface area contributed by atoms with Gasteiger partial charge in [0, 0.05) is 38.4 Å². The van der Waals surface area contributed by atoms with E-state index in [0.29, 0.717) is 44.8 Å². The van der Waals surface area contributed by atoms with E-state index in [0.717, 1.165) is 6.42 Å². The van der Waals surface area contributed by atoms with Gasteiger partial charge < -0.3 is 20.7 Å². The molecule has 26 heavy (non-hydrogen) atoms. The van der Waals surface area contributed by atoms with Crippen LogP contribution in [0.4, 0.5) is 5.69 Å². The van der Waals surface area contributed by atoms with Gasteiger partial charge in [-0.15, -0.1) is 0 Å². The molecule has 2 saturated heterocycles. The summed E-state index contributed by atoms with van der Waals surface area (Å²) in [5.41, 5.74) is 6.01. The van der Waals surface area contributed by atoms with Gasteiger partial charge in [-0.3, -0.25) is 4.79 Å². The third kappa shape index (κ3) is 4.24. The van der Waals surface area contributed by atoms with E-state index in [1.807, 2.05) is 7.05 Å². The molecule has 0 aliphatic carbocycles. The van der Waals surface area contributed by atoms with Crippen molar-refractivity contribution in [1.82, 2.24) is 9.21 Å². The maximum atomic E-state index is 12.8. The van der Waals surface area contributed by atoms with E-state index in [9.17, 15) is 13.2 Å². The molecule has 1 amide bonds. The lowest BCUT2D eigenvalue weighted by atomic mass is 10.2. The smallest absolute Gasteiger partial charge is 0.253 e. The van der Waals surface area contributed by atoms with Gasteiger partial charge in [-0.2, -0.15) is 4.31 Å². The van der Waals surface area contributed by atoms with Crippen molar-refractivity contribution in [3.05, 3.63) is 24.3 Å². The van der Waals surface area contributed by atoms with E-state index < -0.39 is 16.1 Å². The molecule has 0 unspecified atom stereocenters. The molecule has 2 fully saturated rings. The molecule has 0 spiro atoms. The molecule has 2 aliphatic rings. The van der Waals surface area contributed by atoms with E-state index in [2.05, 4.69) is 10.2 Å². The Labute approximate surface area is 154 Å². The van der Waals surface area contributed by atoms with Gasteiger partial charge in [0.2, 0.25) is 10.0 Å². The van der Waals surface area contributed by atoms with Crippen molar-refractivity contribution < 1.29 is 17.9 Å². The molecular weight excluding hydrogens is 356 g/mol. The summed E-state index contributed by atoms with van der Waals surface area (Å²) in [5, 5.41) is 2.76. The van der Waals surface area contributed by atoms with Gasteiger partial charge in [0.25, 0.3) is 5.91 Å². The van der Waals surface area contributed by atoms with Crippen molar-refractivity contribution in [3.63, 3.8) is 0 Å². The third-order valence-electron chi connectivity index (χ3n) is 4.86. The zero-order valence-electron chi connectivity index (χ0n) is 14.9. The Bertz CT molecular complexity index is 747. The van der Waals surface area contributed by atoms with Crippen molar-refractivity contribution in [2.75, 3.05) is 45.1 Å². The number of rotatable bonds is 5. The predicted octanol–water partition coefficient (Wildman–Crippen LogP) is 0.0675. The summed E-state index contributed by atoms with van der Waals surface area (Å²) in [4.78, 5) is 14.6. The monoisotopic (exact) mass is 382 g/mol. The molecule has 9 heteroatoms. The Morgan fingerprint density at radius 1 is 1.27 bits per heavy atom. The van der Waals surface area contributed by atoms with Gasteiger partial charge >= 0.3 is 0 Å². The van der Waals surface area contributed by atoms with Crippen LogP contribution in [0.3, 0.4) is 0 Å². The first-order valence-corrected chi connectivity index (χ1v) is 10.3. The second-order valence-corrected chi connectivity index (χ2v) is 8.72. The van der Waals surface area contributed by atoms with Crippen molar-refractivity contribution in [3.8, 4) is 0 Å². The number of nitrogens with zero attached hydrogens (tertiary/aromatic N) is 2. The van der Waals surface area contributed by atoms with Crippen LogP contribution in [0.2, 0.25) is 0 Å². The Balaban J connectivity index is 1.69. The largest absolute Gasteiger partial charge is 0.364 e. The lowest BCUT2D eigenvalue weighted by Gasteiger charge is -2.31. The van der Waals surface area contributed by atoms with Crippen molar-refractivity contribution in [2.24, 2.45) is 5.73 Å². The van der Waals surface area contributed by atoms with Crippen molar-refractivity contribution in [2.45, 2.75) is 29.9 Å². The fourth-order valence-electron chi connectivity index (χ4n) is 3.21. The summed E-state index contributed by atoms with van der Waals surface area (Å²) in [7, 11) is -1.60. The minimum atomic E-state index is -3.57. The summed E-state index contributed by atoms with van der Waals surface area (Å²) in [6, 6.07) is 6.37. The van der Waals surface area contributed by atoms with E-state index in [1.165, 1.54) is 10.4 Å². The van der Waals surface area contributed by atoms with Gasteiger partial charge in [0.05, 0.1) is 11.0 Å². The number of nitrogens with two attached hydrogens (primary N) is 1. The van der Waals surface area contributed by atoms with Crippen LogP contribution < -0.4 is 11.1 Å². The molecule has 3 N–H and O–H groups in total. The van der Waals surface area contributed by atoms with Crippen LogP contribution in [0, 0.1) is 0 Å². The molecule has 2 aliphatic heterocycles. The van der Waals surface area contributed by atoms with Crippen LogP contribution in [0.25, 0.3) is 0 Å². The Kier molecular flexibility index (Phi) is 5.93. The van der Waals surface area contributed by atoms with E-state index in [-0.39, 0.29) is 16.9 Å². The van der Waals surface area contributed by atoms with Crippen LogP contribution in [0.5, 0.6) is 0 Å². The molecule has 1 aromatic carbocycles. The normalized spacial score (nSPS) is 25.3. The molecule has 0 bridgehead atoms. The number of likely N-dealkylation sites (N-methyl/N-ethyl adjacent to an activating group) is 1. The number of carbonyl (C=O) groups excluding carboxylic acids is 1. The summed E-state index contributed by atoms with van der Waals surface area (Å²) in [5.74, 6) is -0.268. The second kappa shape index (κ2) is 8.01. The highest BCUT2D eigenvalue weighted by Crippen LogP contribution is 2.23. The zero-order chi connectivity index (χ0) is 18.7. The molecule has 3 rings (SSSR count). The maximum Gasteiger partial charge on any atom is 0.253 e. The highest BCUT2D eigenvalue weighted by molar-refractivity contribution is 7.89. The first-order valence-electron chi connectivity index (χ1n) is 8.85. The molecule has 2 atom stereocenters. The highest BCUT2D eigenvalue weighted by Gasteiger charge is 2.31. The summed E-state index contributed by atoms with van der Waals surface area (Å²) in [6.45, 7) is 2.73. The standard InChI is InChI=1S/C17H26N4O4S/c1-20-7-9-21(10-8-20)26(23,24)15-4-2-3-13(11-15)19-17(22)16-6-5-14(12-18)25-16/h2-4,11,14,16H,5-10,12,18H2,1H3,(H,19,22)/t14-,16+/m1/s1. The fraction of sp³-hybridized carbons (Fsp3) is 0.588. The summed E-state index contributed by atoms with van der Waals surface area (Å²) in [6.07, 6.45) is 0.746. The first-order chi connectivity index (χ1) is 12.4. The Morgan fingerprint density at radius 2 is 2.00 bits per heavy atom. The van der Waals surface area contributed by atoms with E-state index in [1.54, 1.807) is 18.2 Å². The second-order valence-electron chi connectivity index (χ2n) is 6.78. The molecule has 8 nitrogen and oxygen atoms in total. The number of hydrogen-bond acceptors (Lipinski definition) is 6. The van der Waals surface area contributed by atoms with E-state index >= 15 is 0 Å². The van der Waals surface area contributed by atoms with Gasteiger partial charge in [-0.1, -0.05) is 6.07 Å². The maximum absolute atomic E-state index is 12.8. The van der Waals surface area contributed by atoms with Crippen LogP contribution in [0.15, 0.2) is 29.2 Å². The van der Waals surface area contributed by atoms with Gasteiger partial charge in [0.15, 0.2) is 0 Å². The van der Waals surface area contributed by atoms with E-state index in [4.69, 9.17) is 10.5 Å². The average molecular weight is 382 g/mol. The molecule has 2 heterocycles. The van der Waals surface area contributed by atoms with Crippen LogP contribution in [-0.4, -0.2) is 75.5 Å². The number of hydrogen-bond donors (Lipinski definition) is 2. The molecule has 0 saturated carbocycles. The fourth-order valence-corrected chi connectivity index (χ4v) is 4.68. The molecule has 1 aromatic rings. The average Bonchev–Trinajstić information content (AvgIpc) is 3.12. The predicted molar refractivity (Wildman–Crippen MR) is 98.3 cm³/mol. The topological polar surface area (TPSA) is 105 Å². The van der Waals surface area contributed by atoms with Gasteiger partial charge in [-0.25, -0.2) is 8.42 Å². The highest BCUT2D eigenvalue weighted by atomic mass is 32.2. The number of carbonyl (C=O) groups is 1. The van der Waals surface area contributed by atoms with Gasteiger partial charge in [-0.05, 0) is 38.1 Å². The summed E-state index contributed by atoms with van der Waals surface area (Å²) >= 11 is 0. The summed E-state index contributed by atoms with van der Waals surface area (Å²) < 4.78 is 32.7. The lowest BCUT2D eigenvalue weighted by molar-refractivity contribution is -0.126. The molecule has 0 radical (unpaired) electrons. The SMILES string of the molecule is CN1CCN(S(=O)(=O)c2cccc(NC(=O)[C@@H]3CC[C@H](CN)O3)c2)CC1. The third-order valence-corrected chi connectivity index (χ3v) is 6.76. The van der Waals surface area contributed by atoms with Crippen LogP contribution in [0.1, 0.15) is 12.8 Å². The molecule has 144 valence electrons. The number of sulfonamides is 1. The number of benzene rings is 1. The van der Waals surface area contributed by atoms with Crippen molar-refractivity contribution >= 4 is 21.6 Å². The quantitative estimate of drug-likeness (QED) is 0.747. The zero-order valence-corrected chi connectivity index (χ0v) is 15.7. The van der Waals surface area contributed by atoms with Crippen molar-refractivity contribution in [1.29, 1.82) is 0 Å². The minimum Gasteiger partial charge on any atom is -0.364 e. The number of anilines is 1. The van der Waals surface area contributed by atoms with Crippen LogP contribution in [-0.2, 0) is 19.6 Å². The Hall–Kier alpha value is -1.52. The molecule has 0 aromatic heterocycles. The minimum absolute atomic E-state index is 0.0882. The number of ether oxygens (including phenoxy) is 1. The number of nitrogens with one attached hydrogen (secondary N) is 1. The Morgan fingerprint density at radius 3 is 2.65 bits per heavy atom. The van der Waals surface area contributed by atoms with Gasteiger partial charge in [0.1, 0.15) is 6.10 Å². The molecular formula is C17H26N4O4S. The number of amides is 1. The lowest BCUT2D eigenvalue weighted by Crippen LogP contribution is -2.47. The van der Waals surface area contributed by atoms with Crippen LogP contribution >= 0.6 is 0 Å².